The summed E-state index contributed by atoms with van der Waals surface area (Å²) in [5.41, 5.74) is 2.46. The molecule has 1 aromatic heterocycles. The first kappa shape index (κ1) is 28.7. The van der Waals surface area contributed by atoms with Gasteiger partial charge in [-0.05, 0) is 68.9 Å². The summed E-state index contributed by atoms with van der Waals surface area (Å²) in [6, 6.07) is 15.7. The van der Waals surface area contributed by atoms with Gasteiger partial charge in [0.25, 0.3) is 5.91 Å². The molecule has 2 fully saturated rings. The van der Waals surface area contributed by atoms with Gasteiger partial charge in [0.15, 0.2) is 0 Å². The Hall–Kier alpha value is -3.43. The molecule has 9 nitrogen and oxygen atoms in total. The molecule has 3 aliphatic rings. The zero-order valence-electron chi connectivity index (χ0n) is 24.6. The summed E-state index contributed by atoms with van der Waals surface area (Å²) < 4.78 is 19.8. The highest BCUT2D eigenvalue weighted by Crippen LogP contribution is 2.38. The third-order valence-corrected chi connectivity index (χ3v) is 9.30. The number of para-hydroxylation sites is 2. The minimum atomic E-state index is -0.0279. The molecule has 2 bridgehead atoms. The summed E-state index contributed by atoms with van der Waals surface area (Å²) in [7, 11) is 1.65. The standard InChI is InChI=1S/C33H42N4O5/c1-40-23-30-34-28-11-2-3-12-29(28)37(30)21-31(38)35-17-14-33(15-18-35)13-4-5-19-41-22-26-9-7-16-36(26)32(39)25-8-6-10-27(20-25)42-24-33/h2-3,6,8,10-12,20,26H,4-5,7,9,13-19,21-24H2,1H3/t26-/m0/s1. The van der Waals surface area contributed by atoms with E-state index >= 15 is 0 Å². The van der Waals surface area contributed by atoms with Gasteiger partial charge in [-0.25, -0.2) is 4.98 Å². The average Bonchev–Trinajstić information content (AvgIpc) is 3.62. The first-order valence-electron chi connectivity index (χ1n) is 15.4. The van der Waals surface area contributed by atoms with Gasteiger partial charge in [0, 0.05) is 44.3 Å². The predicted molar refractivity (Wildman–Crippen MR) is 159 cm³/mol. The zero-order valence-corrected chi connectivity index (χ0v) is 24.6. The van der Waals surface area contributed by atoms with Gasteiger partial charge in [-0.2, -0.15) is 0 Å². The van der Waals surface area contributed by atoms with Crippen molar-refractivity contribution in [2.45, 2.75) is 64.1 Å². The van der Waals surface area contributed by atoms with Gasteiger partial charge >= 0.3 is 0 Å². The van der Waals surface area contributed by atoms with Gasteiger partial charge < -0.3 is 28.6 Å². The molecule has 1 atom stereocenters. The lowest BCUT2D eigenvalue weighted by Crippen LogP contribution is -2.46. The minimum absolute atomic E-state index is 0.0279. The first-order chi connectivity index (χ1) is 20.5. The number of imidazole rings is 1. The molecule has 42 heavy (non-hydrogen) atoms. The number of carbonyl (C=O) groups is 2. The van der Waals surface area contributed by atoms with Crippen molar-refractivity contribution >= 4 is 22.8 Å². The lowest BCUT2D eigenvalue weighted by atomic mass is 9.75. The van der Waals surface area contributed by atoms with E-state index in [1.807, 2.05) is 62.9 Å². The number of nitrogens with zero attached hydrogens (tertiary/aromatic N) is 4. The smallest absolute Gasteiger partial charge is 0.254 e. The number of benzene rings is 2. The van der Waals surface area contributed by atoms with Gasteiger partial charge in [-0.3, -0.25) is 9.59 Å². The number of carbonyl (C=O) groups excluding carboxylic acids is 2. The topological polar surface area (TPSA) is 86.1 Å². The Balaban J connectivity index is 1.14. The van der Waals surface area contributed by atoms with Crippen LogP contribution in [0.25, 0.3) is 11.0 Å². The molecule has 1 spiro atoms. The van der Waals surface area contributed by atoms with E-state index in [1.54, 1.807) is 7.11 Å². The highest BCUT2D eigenvalue weighted by molar-refractivity contribution is 5.95. The Labute approximate surface area is 247 Å². The Morgan fingerprint density at radius 1 is 1.05 bits per heavy atom. The van der Waals surface area contributed by atoms with Gasteiger partial charge in [0.2, 0.25) is 5.91 Å². The van der Waals surface area contributed by atoms with Crippen molar-refractivity contribution < 1.29 is 23.8 Å². The SMILES string of the molecule is COCc1nc2ccccc2n1CC(=O)N1CCC2(CCCCOC[C@@H]3CCCN3C(=O)c3cccc(c3)OC2)CC1. The number of fused-ring (bicyclic) bond motifs is 4. The summed E-state index contributed by atoms with van der Waals surface area (Å²) in [5.74, 6) is 1.66. The Morgan fingerprint density at radius 2 is 1.90 bits per heavy atom. The van der Waals surface area contributed by atoms with E-state index in [9.17, 15) is 9.59 Å². The van der Waals surface area contributed by atoms with Crippen LogP contribution in [-0.2, 0) is 27.4 Å². The fraction of sp³-hybridized carbons (Fsp3) is 0.545. The van der Waals surface area contributed by atoms with Gasteiger partial charge in [-0.15, -0.1) is 0 Å². The molecule has 2 amide bonds. The molecule has 2 aromatic carbocycles. The Bertz CT molecular complexity index is 1400. The summed E-state index contributed by atoms with van der Waals surface area (Å²) in [4.78, 5) is 35.5. The zero-order chi connectivity index (χ0) is 28.9. The maximum Gasteiger partial charge on any atom is 0.254 e. The molecule has 224 valence electrons. The summed E-state index contributed by atoms with van der Waals surface area (Å²) in [6.07, 6.45) is 6.82. The van der Waals surface area contributed by atoms with Crippen LogP contribution in [0.3, 0.4) is 0 Å². The second-order valence-electron chi connectivity index (χ2n) is 12.1. The highest BCUT2D eigenvalue weighted by atomic mass is 16.5. The molecule has 4 heterocycles. The third kappa shape index (κ3) is 6.17. The van der Waals surface area contributed by atoms with Crippen molar-refractivity contribution in [3.8, 4) is 5.75 Å². The number of methoxy groups -OCH3 is 1. The van der Waals surface area contributed by atoms with Crippen molar-refractivity contribution in [3.05, 3.63) is 59.9 Å². The number of aromatic nitrogens is 2. The number of piperidine rings is 1. The molecule has 0 radical (unpaired) electrons. The molecule has 6 rings (SSSR count). The number of hydrogen-bond acceptors (Lipinski definition) is 6. The van der Waals surface area contributed by atoms with Crippen molar-refractivity contribution in [2.24, 2.45) is 5.41 Å². The van der Waals surface area contributed by atoms with E-state index in [0.717, 1.165) is 74.1 Å². The van der Waals surface area contributed by atoms with Gasteiger partial charge in [0.1, 0.15) is 24.7 Å². The predicted octanol–water partition coefficient (Wildman–Crippen LogP) is 4.68. The minimum Gasteiger partial charge on any atom is -0.493 e. The fourth-order valence-corrected chi connectivity index (χ4v) is 6.79. The van der Waals surface area contributed by atoms with Crippen molar-refractivity contribution in [3.63, 3.8) is 0 Å². The lowest BCUT2D eigenvalue weighted by molar-refractivity contribution is -0.134. The maximum atomic E-state index is 13.5. The van der Waals surface area contributed by atoms with Crippen LogP contribution < -0.4 is 4.74 Å². The second kappa shape index (κ2) is 12.8. The van der Waals surface area contributed by atoms with Crippen LogP contribution in [0.1, 0.15) is 61.1 Å². The molecule has 0 aliphatic carbocycles. The molecular weight excluding hydrogens is 532 g/mol. The molecule has 0 N–H and O–H groups in total. The third-order valence-electron chi connectivity index (χ3n) is 9.30. The van der Waals surface area contributed by atoms with Gasteiger partial charge in [0.05, 0.1) is 30.3 Å². The van der Waals surface area contributed by atoms with E-state index in [2.05, 4.69) is 4.98 Å². The van der Waals surface area contributed by atoms with E-state index < -0.39 is 0 Å². The molecule has 0 saturated carbocycles. The molecular formula is C33H42N4O5. The number of rotatable bonds is 4. The first-order valence-corrected chi connectivity index (χ1v) is 15.4. The normalized spacial score (nSPS) is 21.5. The highest BCUT2D eigenvalue weighted by Gasteiger charge is 2.37. The fourth-order valence-electron chi connectivity index (χ4n) is 6.79. The van der Waals surface area contributed by atoms with Crippen molar-refractivity contribution in [1.29, 1.82) is 0 Å². The van der Waals surface area contributed by atoms with Crippen LogP contribution >= 0.6 is 0 Å². The monoisotopic (exact) mass is 574 g/mol. The van der Waals surface area contributed by atoms with Crippen LogP contribution in [0.15, 0.2) is 48.5 Å². The van der Waals surface area contributed by atoms with E-state index in [0.29, 0.717) is 45.1 Å². The summed E-state index contributed by atoms with van der Waals surface area (Å²) in [5, 5.41) is 0. The number of ether oxygens (including phenoxy) is 3. The molecule has 3 aliphatic heterocycles. The quantitative estimate of drug-likeness (QED) is 0.450. The van der Waals surface area contributed by atoms with E-state index in [-0.39, 0.29) is 29.8 Å². The lowest BCUT2D eigenvalue weighted by Gasteiger charge is -2.42. The molecule has 0 unspecified atom stereocenters. The maximum absolute atomic E-state index is 13.5. The van der Waals surface area contributed by atoms with Crippen LogP contribution in [-0.4, -0.2) is 83.8 Å². The van der Waals surface area contributed by atoms with E-state index in [1.165, 1.54) is 0 Å². The number of hydrogen-bond donors (Lipinski definition) is 0. The van der Waals surface area contributed by atoms with Crippen LogP contribution in [0.2, 0.25) is 0 Å². The largest absolute Gasteiger partial charge is 0.493 e. The van der Waals surface area contributed by atoms with Crippen molar-refractivity contribution in [2.75, 3.05) is 46.6 Å². The van der Waals surface area contributed by atoms with Crippen LogP contribution in [0.4, 0.5) is 0 Å². The summed E-state index contributed by atoms with van der Waals surface area (Å²) >= 11 is 0. The second-order valence-corrected chi connectivity index (χ2v) is 12.1. The summed E-state index contributed by atoms with van der Waals surface area (Å²) in [6.45, 7) is 4.65. The molecule has 9 heteroatoms. The average molecular weight is 575 g/mol. The molecule has 3 aromatic rings. The Kier molecular flexibility index (Phi) is 8.76. The number of likely N-dealkylation sites (tertiary alicyclic amines) is 1. The van der Waals surface area contributed by atoms with Crippen LogP contribution in [0.5, 0.6) is 5.75 Å². The van der Waals surface area contributed by atoms with Gasteiger partial charge in [-0.1, -0.05) is 24.6 Å². The van der Waals surface area contributed by atoms with Crippen molar-refractivity contribution in [1.82, 2.24) is 19.4 Å². The number of amides is 2. The van der Waals surface area contributed by atoms with E-state index in [4.69, 9.17) is 14.2 Å². The molecule has 2 saturated heterocycles. The van der Waals surface area contributed by atoms with Crippen LogP contribution in [0, 0.1) is 5.41 Å². The Morgan fingerprint density at radius 3 is 2.76 bits per heavy atom.